The van der Waals surface area contributed by atoms with Gasteiger partial charge in [-0.1, -0.05) is 59.6 Å². The van der Waals surface area contributed by atoms with E-state index in [1.165, 1.54) is 29.2 Å². The molecule has 0 heterocycles. The van der Waals surface area contributed by atoms with E-state index < -0.39 is 28.5 Å². The second-order valence-corrected chi connectivity index (χ2v) is 10.7. The largest absolute Gasteiger partial charge is 0.355 e. The van der Waals surface area contributed by atoms with Crippen molar-refractivity contribution in [2.24, 2.45) is 0 Å². The summed E-state index contributed by atoms with van der Waals surface area (Å²) in [5, 5.41) is 3.15. The third-order valence-corrected chi connectivity index (χ3v) is 7.72. The quantitative estimate of drug-likeness (QED) is 0.423. The van der Waals surface area contributed by atoms with Crippen molar-refractivity contribution in [1.29, 1.82) is 0 Å². The first-order valence-corrected chi connectivity index (χ1v) is 13.4. The van der Waals surface area contributed by atoms with E-state index in [0.717, 1.165) is 15.4 Å². The summed E-state index contributed by atoms with van der Waals surface area (Å²) >= 11 is 5.96. The van der Waals surface area contributed by atoms with Crippen LogP contribution in [-0.2, 0) is 26.2 Å². The molecule has 0 unspecified atom stereocenters. The molecule has 1 N–H and O–H groups in total. The van der Waals surface area contributed by atoms with Gasteiger partial charge in [0.05, 0.1) is 10.6 Å². The highest BCUT2D eigenvalue weighted by molar-refractivity contribution is 7.92. The van der Waals surface area contributed by atoms with Crippen LogP contribution in [0.3, 0.4) is 0 Å². The number of likely N-dealkylation sites (N-methyl/N-ethyl adjacent to an activating group) is 1. The van der Waals surface area contributed by atoms with Crippen molar-refractivity contribution in [3.8, 4) is 0 Å². The van der Waals surface area contributed by atoms with Crippen molar-refractivity contribution in [1.82, 2.24) is 10.2 Å². The number of sulfonamides is 1. The van der Waals surface area contributed by atoms with E-state index in [1.54, 1.807) is 44.2 Å². The molecule has 0 bridgehead atoms. The van der Waals surface area contributed by atoms with E-state index in [4.69, 9.17) is 11.6 Å². The maximum atomic E-state index is 13.7. The monoisotopic (exact) mass is 527 g/mol. The number of carbonyl (C=O) groups is 2. The van der Waals surface area contributed by atoms with Crippen molar-refractivity contribution in [3.63, 3.8) is 0 Å². The zero-order valence-corrected chi connectivity index (χ0v) is 22.1. The first-order chi connectivity index (χ1) is 17.1. The van der Waals surface area contributed by atoms with Gasteiger partial charge in [-0.3, -0.25) is 13.9 Å². The van der Waals surface area contributed by atoms with Crippen LogP contribution in [-0.4, -0.2) is 44.3 Å². The number of para-hydroxylation sites is 1. The Hall–Kier alpha value is -3.36. The second kappa shape index (κ2) is 12.1. The Morgan fingerprint density at radius 3 is 2.25 bits per heavy atom. The van der Waals surface area contributed by atoms with E-state index in [-0.39, 0.29) is 17.3 Å². The van der Waals surface area contributed by atoms with Gasteiger partial charge in [0.2, 0.25) is 11.8 Å². The molecule has 0 aliphatic heterocycles. The van der Waals surface area contributed by atoms with Crippen molar-refractivity contribution < 1.29 is 18.0 Å². The van der Waals surface area contributed by atoms with Crippen LogP contribution in [0, 0.1) is 6.92 Å². The Morgan fingerprint density at radius 2 is 1.64 bits per heavy atom. The lowest BCUT2D eigenvalue weighted by atomic mass is 10.1. The molecule has 1 atom stereocenters. The molecule has 190 valence electrons. The molecule has 3 aromatic rings. The maximum absolute atomic E-state index is 13.7. The number of carbonyl (C=O) groups excluding carboxylic acids is 2. The number of aryl methyl sites for hydroxylation is 1. The standard InChI is InChI=1S/C27H30ClN3O4S/c1-4-29-27(33)21(3)30(18-22-10-8-9-20(2)17-22)26(32)19-31(24-11-6-5-7-12-24)36(34,35)25-15-13-23(28)14-16-25/h5-17,21H,4,18-19H2,1-3H3,(H,29,33)/t21-/m0/s1. The average molecular weight is 528 g/mol. The summed E-state index contributed by atoms with van der Waals surface area (Å²) in [7, 11) is -4.11. The topological polar surface area (TPSA) is 86.8 Å². The lowest BCUT2D eigenvalue weighted by Crippen LogP contribution is -2.51. The van der Waals surface area contributed by atoms with Crippen LogP contribution < -0.4 is 9.62 Å². The zero-order valence-electron chi connectivity index (χ0n) is 20.5. The summed E-state index contributed by atoms with van der Waals surface area (Å²) in [4.78, 5) is 27.8. The van der Waals surface area contributed by atoms with Crippen LogP contribution in [0.15, 0.2) is 83.8 Å². The molecule has 0 saturated heterocycles. The fourth-order valence-corrected chi connectivity index (χ4v) is 5.31. The molecule has 7 nitrogen and oxygen atoms in total. The van der Waals surface area contributed by atoms with E-state index in [0.29, 0.717) is 17.3 Å². The molecule has 0 spiro atoms. The van der Waals surface area contributed by atoms with Crippen molar-refractivity contribution >= 4 is 39.1 Å². The summed E-state index contributed by atoms with van der Waals surface area (Å²) in [6.45, 7) is 5.47. The minimum atomic E-state index is -4.11. The maximum Gasteiger partial charge on any atom is 0.264 e. The molecule has 3 rings (SSSR count). The average Bonchev–Trinajstić information content (AvgIpc) is 2.86. The first kappa shape index (κ1) is 27.2. The van der Waals surface area contributed by atoms with Gasteiger partial charge < -0.3 is 10.2 Å². The van der Waals surface area contributed by atoms with E-state index in [9.17, 15) is 18.0 Å². The van der Waals surface area contributed by atoms with Gasteiger partial charge in [-0.05, 0) is 62.7 Å². The predicted octanol–water partition coefficient (Wildman–Crippen LogP) is 4.40. The number of halogens is 1. The normalized spacial score (nSPS) is 12.0. The van der Waals surface area contributed by atoms with Crippen molar-refractivity contribution in [2.45, 2.75) is 38.3 Å². The fourth-order valence-electron chi connectivity index (χ4n) is 3.77. The third-order valence-electron chi connectivity index (χ3n) is 5.68. The van der Waals surface area contributed by atoms with Crippen LogP contribution in [0.5, 0.6) is 0 Å². The number of hydrogen-bond donors (Lipinski definition) is 1. The second-order valence-electron chi connectivity index (χ2n) is 8.38. The minimum absolute atomic E-state index is 0.00515. The van der Waals surface area contributed by atoms with Crippen LogP contribution in [0.1, 0.15) is 25.0 Å². The van der Waals surface area contributed by atoms with E-state index >= 15 is 0 Å². The molecule has 0 aromatic heterocycles. The Bertz CT molecular complexity index is 1300. The molecule has 0 saturated carbocycles. The molecule has 0 fully saturated rings. The van der Waals surface area contributed by atoms with Crippen LogP contribution in [0.2, 0.25) is 5.02 Å². The molecule has 36 heavy (non-hydrogen) atoms. The van der Waals surface area contributed by atoms with Gasteiger partial charge in [0.1, 0.15) is 12.6 Å². The van der Waals surface area contributed by atoms with Gasteiger partial charge in [0.25, 0.3) is 10.0 Å². The number of hydrogen-bond acceptors (Lipinski definition) is 4. The van der Waals surface area contributed by atoms with Gasteiger partial charge in [-0.15, -0.1) is 0 Å². The molecular weight excluding hydrogens is 498 g/mol. The Kier molecular flexibility index (Phi) is 9.12. The Balaban J connectivity index is 2.00. The number of amides is 2. The lowest BCUT2D eigenvalue weighted by molar-refractivity contribution is -0.139. The summed E-state index contributed by atoms with van der Waals surface area (Å²) < 4.78 is 28.4. The molecule has 0 aliphatic rings. The highest BCUT2D eigenvalue weighted by Gasteiger charge is 2.32. The molecule has 0 radical (unpaired) electrons. The van der Waals surface area contributed by atoms with Gasteiger partial charge >= 0.3 is 0 Å². The molecular formula is C27H30ClN3O4S. The fraction of sp³-hybridized carbons (Fsp3) is 0.259. The van der Waals surface area contributed by atoms with Gasteiger partial charge in [-0.25, -0.2) is 8.42 Å². The number of nitrogens with one attached hydrogen (secondary N) is 1. The summed E-state index contributed by atoms with van der Waals surface area (Å²) in [5.41, 5.74) is 2.19. The number of benzene rings is 3. The molecule has 0 aliphatic carbocycles. The SMILES string of the molecule is CCNC(=O)[C@H](C)N(Cc1cccc(C)c1)C(=O)CN(c1ccccc1)S(=O)(=O)c1ccc(Cl)cc1. The molecule has 3 aromatic carbocycles. The summed E-state index contributed by atoms with van der Waals surface area (Å²) in [5.74, 6) is -0.818. The summed E-state index contributed by atoms with van der Waals surface area (Å²) in [6.07, 6.45) is 0. The first-order valence-electron chi connectivity index (χ1n) is 11.6. The highest BCUT2D eigenvalue weighted by Crippen LogP contribution is 2.25. The Labute approximate surface area is 217 Å². The number of anilines is 1. The predicted molar refractivity (Wildman–Crippen MR) is 142 cm³/mol. The highest BCUT2D eigenvalue weighted by atomic mass is 35.5. The zero-order chi connectivity index (χ0) is 26.3. The van der Waals surface area contributed by atoms with Crippen LogP contribution >= 0.6 is 11.6 Å². The minimum Gasteiger partial charge on any atom is -0.355 e. The van der Waals surface area contributed by atoms with Crippen molar-refractivity contribution in [3.05, 3.63) is 95.0 Å². The third kappa shape index (κ3) is 6.65. The van der Waals surface area contributed by atoms with Crippen LogP contribution in [0.25, 0.3) is 0 Å². The van der Waals surface area contributed by atoms with Crippen LogP contribution in [0.4, 0.5) is 5.69 Å². The van der Waals surface area contributed by atoms with E-state index in [1.807, 2.05) is 31.2 Å². The van der Waals surface area contributed by atoms with Crippen molar-refractivity contribution in [2.75, 3.05) is 17.4 Å². The lowest BCUT2D eigenvalue weighted by Gasteiger charge is -2.32. The number of nitrogens with zero attached hydrogens (tertiary/aromatic N) is 2. The molecule has 9 heteroatoms. The van der Waals surface area contributed by atoms with Gasteiger partial charge in [0, 0.05) is 18.1 Å². The summed E-state index contributed by atoms with van der Waals surface area (Å²) in [6, 6.07) is 21.0. The van der Waals surface area contributed by atoms with Gasteiger partial charge in [-0.2, -0.15) is 0 Å². The van der Waals surface area contributed by atoms with Gasteiger partial charge in [0.15, 0.2) is 0 Å². The smallest absolute Gasteiger partial charge is 0.264 e. The Morgan fingerprint density at radius 1 is 0.972 bits per heavy atom. The van der Waals surface area contributed by atoms with E-state index in [2.05, 4.69) is 5.32 Å². The number of rotatable bonds is 10. The molecule has 2 amide bonds.